The fourth-order valence-electron chi connectivity index (χ4n) is 1.11. The molecular formula is C11H16BrNO. The summed E-state index contributed by atoms with van der Waals surface area (Å²) < 4.78 is 6.21. The lowest BCUT2D eigenvalue weighted by Crippen LogP contribution is -2.21. The number of hydrogen-bond donors (Lipinski definition) is 1. The molecule has 0 aliphatic rings. The highest BCUT2D eigenvalue weighted by atomic mass is 79.9. The van der Waals surface area contributed by atoms with Gasteiger partial charge >= 0.3 is 0 Å². The van der Waals surface area contributed by atoms with E-state index in [1.54, 1.807) is 7.11 Å². The van der Waals surface area contributed by atoms with Crippen LogP contribution in [0.15, 0.2) is 22.7 Å². The van der Waals surface area contributed by atoms with Crippen LogP contribution < -0.4 is 10.1 Å². The normalized spacial score (nSPS) is 10.6. The predicted octanol–water partition coefficient (Wildman–Crippen LogP) is 2.96. The van der Waals surface area contributed by atoms with Crippen molar-refractivity contribution in [1.29, 1.82) is 0 Å². The Bertz CT molecular complexity index is 299. The van der Waals surface area contributed by atoms with Gasteiger partial charge < -0.3 is 10.1 Å². The van der Waals surface area contributed by atoms with Crippen LogP contribution in [-0.4, -0.2) is 13.2 Å². The van der Waals surface area contributed by atoms with Crippen molar-refractivity contribution in [2.75, 3.05) is 7.11 Å². The van der Waals surface area contributed by atoms with Crippen molar-refractivity contribution in [3.05, 3.63) is 28.2 Å². The Labute approximate surface area is 93.8 Å². The van der Waals surface area contributed by atoms with E-state index in [0.717, 1.165) is 16.8 Å². The topological polar surface area (TPSA) is 21.3 Å². The summed E-state index contributed by atoms with van der Waals surface area (Å²) in [5, 5.41) is 3.37. The van der Waals surface area contributed by atoms with Crippen LogP contribution in [-0.2, 0) is 6.54 Å². The van der Waals surface area contributed by atoms with Crippen LogP contribution in [0.4, 0.5) is 0 Å². The van der Waals surface area contributed by atoms with E-state index in [2.05, 4.69) is 41.2 Å². The molecule has 1 rings (SSSR count). The Balaban J connectivity index is 2.69. The molecule has 0 radical (unpaired) electrons. The standard InChI is InChI=1S/C11H16BrNO/c1-8(2)13-7-9-4-5-10(14-3)6-11(9)12/h4-6,8,13H,7H2,1-3H3. The van der Waals surface area contributed by atoms with Gasteiger partial charge in [0.2, 0.25) is 0 Å². The molecule has 0 atom stereocenters. The van der Waals surface area contributed by atoms with Crippen LogP contribution in [0.1, 0.15) is 19.4 Å². The minimum Gasteiger partial charge on any atom is -0.497 e. The van der Waals surface area contributed by atoms with Crippen LogP contribution in [0.25, 0.3) is 0 Å². The van der Waals surface area contributed by atoms with Crippen molar-refractivity contribution in [1.82, 2.24) is 5.32 Å². The lowest BCUT2D eigenvalue weighted by molar-refractivity contribution is 0.414. The van der Waals surface area contributed by atoms with Gasteiger partial charge in [-0.3, -0.25) is 0 Å². The molecular weight excluding hydrogens is 242 g/mol. The van der Waals surface area contributed by atoms with Gasteiger partial charge in [0.15, 0.2) is 0 Å². The molecule has 0 aliphatic carbocycles. The minimum atomic E-state index is 0.504. The summed E-state index contributed by atoms with van der Waals surface area (Å²) in [5.74, 6) is 0.880. The molecule has 0 bridgehead atoms. The Hall–Kier alpha value is -0.540. The summed E-state index contributed by atoms with van der Waals surface area (Å²) in [6, 6.07) is 6.53. The zero-order chi connectivity index (χ0) is 10.6. The molecule has 0 unspecified atom stereocenters. The monoisotopic (exact) mass is 257 g/mol. The maximum atomic E-state index is 5.13. The van der Waals surface area contributed by atoms with E-state index in [-0.39, 0.29) is 0 Å². The molecule has 0 aliphatic heterocycles. The molecule has 1 N–H and O–H groups in total. The number of benzene rings is 1. The molecule has 78 valence electrons. The van der Waals surface area contributed by atoms with Gasteiger partial charge in [-0.2, -0.15) is 0 Å². The highest BCUT2D eigenvalue weighted by Gasteiger charge is 2.02. The molecule has 0 heterocycles. The van der Waals surface area contributed by atoms with Crippen LogP contribution in [0.5, 0.6) is 5.75 Å². The van der Waals surface area contributed by atoms with Crippen molar-refractivity contribution in [2.45, 2.75) is 26.4 Å². The van der Waals surface area contributed by atoms with Gasteiger partial charge in [-0.25, -0.2) is 0 Å². The third-order valence-corrected chi connectivity index (χ3v) is 2.70. The Kier molecular flexibility index (Phi) is 4.42. The van der Waals surface area contributed by atoms with E-state index in [1.165, 1.54) is 5.56 Å². The lowest BCUT2D eigenvalue weighted by Gasteiger charge is -2.10. The number of methoxy groups -OCH3 is 1. The molecule has 0 spiro atoms. The van der Waals surface area contributed by atoms with Crippen LogP contribution in [0.3, 0.4) is 0 Å². The minimum absolute atomic E-state index is 0.504. The molecule has 14 heavy (non-hydrogen) atoms. The first-order valence-electron chi connectivity index (χ1n) is 4.69. The van der Waals surface area contributed by atoms with Crippen LogP contribution in [0.2, 0.25) is 0 Å². The molecule has 0 amide bonds. The number of ether oxygens (including phenoxy) is 1. The van der Waals surface area contributed by atoms with Crippen molar-refractivity contribution in [3.8, 4) is 5.75 Å². The second-order valence-corrected chi connectivity index (χ2v) is 4.35. The first-order chi connectivity index (χ1) is 6.63. The van der Waals surface area contributed by atoms with Crippen molar-refractivity contribution in [2.24, 2.45) is 0 Å². The van der Waals surface area contributed by atoms with E-state index >= 15 is 0 Å². The third kappa shape index (κ3) is 3.31. The van der Waals surface area contributed by atoms with Gasteiger partial charge in [-0.1, -0.05) is 35.8 Å². The van der Waals surface area contributed by atoms with Crippen molar-refractivity contribution < 1.29 is 4.74 Å². The molecule has 0 saturated heterocycles. The van der Waals surface area contributed by atoms with Crippen molar-refractivity contribution >= 4 is 15.9 Å². The number of hydrogen-bond acceptors (Lipinski definition) is 2. The number of rotatable bonds is 4. The predicted molar refractivity (Wildman–Crippen MR) is 62.7 cm³/mol. The zero-order valence-corrected chi connectivity index (χ0v) is 10.4. The Morgan fingerprint density at radius 1 is 1.43 bits per heavy atom. The molecule has 0 fully saturated rings. The quantitative estimate of drug-likeness (QED) is 0.896. The van der Waals surface area contributed by atoms with E-state index in [4.69, 9.17) is 4.74 Å². The van der Waals surface area contributed by atoms with Gasteiger partial charge in [-0.05, 0) is 17.7 Å². The van der Waals surface area contributed by atoms with Gasteiger partial charge in [-0.15, -0.1) is 0 Å². The van der Waals surface area contributed by atoms with Gasteiger partial charge in [0.05, 0.1) is 7.11 Å². The molecule has 3 heteroatoms. The van der Waals surface area contributed by atoms with Gasteiger partial charge in [0.25, 0.3) is 0 Å². The second kappa shape index (κ2) is 5.37. The largest absolute Gasteiger partial charge is 0.497 e. The first-order valence-corrected chi connectivity index (χ1v) is 5.48. The van der Waals surface area contributed by atoms with Gasteiger partial charge in [0, 0.05) is 17.1 Å². The van der Waals surface area contributed by atoms with E-state index in [9.17, 15) is 0 Å². The summed E-state index contributed by atoms with van der Waals surface area (Å²) in [5.41, 5.74) is 1.25. The lowest BCUT2D eigenvalue weighted by atomic mass is 10.2. The number of nitrogens with one attached hydrogen (secondary N) is 1. The maximum absolute atomic E-state index is 5.13. The highest BCUT2D eigenvalue weighted by Crippen LogP contribution is 2.22. The van der Waals surface area contributed by atoms with E-state index < -0.39 is 0 Å². The second-order valence-electron chi connectivity index (χ2n) is 3.49. The Morgan fingerprint density at radius 3 is 2.64 bits per heavy atom. The van der Waals surface area contributed by atoms with Crippen LogP contribution in [0, 0.1) is 0 Å². The molecule has 1 aromatic rings. The molecule has 0 aromatic heterocycles. The summed E-state index contributed by atoms with van der Waals surface area (Å²) >= 11 is 3.52. The summed E-state index contributed by atoms with van der Waals surface area (Å²) in [6.07, 6.45) is 0. The smallest absolute Gasteiger partial charge is 0.120 e. The average molecular weight is 258 g/mol. The first kappa shape index (κ1) is 11.5. The zero-order valence-electron chi connectivity index (χ0n) is 8.80. The Morgan fingerprint density at radius 2 is 2.14 bits per heavy atom. The molecule has 0 saturated carbocycles. The van der Waals surface area contributed by atoms with Crippen LogP contribution >= 0.6 is 15.9 Å². The summed E-state index contributed by atoms with van der Waals surface area (Å²) in [4.78, 5) is 0. The third-order valence-electron chi connectivity index (χ3n) is 1.96. The average Bonchev–Trinajstić information content (AvgIpc) is 2.15. The number of halogens is 1. The molecule has 2 nitrogen and oxygen atoms in total. The fraction of sp³-hybridized carbons (Fsp3) is 0.455. The maximum Gasteiger partial charge on any atom is 0.120 e. The summed E-state index contributed by atoms with van der Waals surface area (Å²) in [7, 11) is 1.67. The fourth-order valence-corrected chi connectivity index (χ4v) is 1.61. The summed E-state index contributed by atoms with van der Waals surface area (Å²) in [6.45, 7) is 5.15. The van der Waals surface area contributed by atoms with Crippen molar-refractivity contribution in [3.63, 3.8) is 0 Å². The van der Waals surface area contributed by atoms with E-state index in [0.29, 0.717) is 6.04 Å². The SMILES string of the molecule is COc1ccc(CNC(C)C)c(Br)c1. The molecule has 1 aromatic carbocycles. The van der Waals surface area contributed by atoms with E-state index in [1.807, 2.05) is 12.1 Å². The van der Waals surface area contributed by atoms with Gasteiger partial charge in [0.1, 0.15) is 5.75 Å². The highest BCUT2D eigenvalue weighted by molar-refractivity contribution is 9.10.